The van der Waals surface area contributed by atoms with Gasteiger partial charge in [-0.25, -0.2) is 14.2 Å². The van der Waals surface area contributed by atoms with Gasteiger partial charge in [-0.15, -0.1) is 0 Å². The topological polar surface area (TPSA) is 111 Å². The van der Waals surface area contributed by atoms with Crippen molar-refractivity contribution in [3.63, 3.8) is 0 Å². The van der Waals surface area contributed by atoms with E-state index < -0.39 is 17.1 Å². The molecule has 0 aliphatic carbocycles. The Kier molecular flexibility index (Phi) is 6.12. The van der Waals surface area contributed by atoms with Crippen LogP contribution in [-0.2, 0) is 25.4 Å². The zero-order valence-electron chi connectivity index (χ0n) is 18.5. The highest BCUT2D eigenvalue weighted by molar-refractivity contribution is 5.94. The predicted molar refractivity (Wildman–Crippen MR) is 118 cm³/mol. The SMILES string of the molecule is Cn1c(=O)c2c(ncn2CC(=O)NCC2CCN(C(=O)c3ccccc3F)CC2)n(C)c1=O. The van der Waals surface area contributed by atoms with Crippen molar-refractivity contribution in [2.24, 2.45) is 20.0 Å². The van der Waals surface area contributed by atoms with E-state index in [1.807, 2.05) is 0 Å². The first kappa shape index (κ1) is 22.4. The van der Waals surface area contributed by atoms with Crippen molar-refractivity contribution in [2.75, 3.05) is 19.6 Å². The fourth-order valence-electron chi connectivity index (χ4n) is 4.13. The van der Waals surface area contributed by atoms with Gasteiger partial charge in [-0.2, -0.15) is 0 Å². The van der Waals surface area contributed by atoms with Gasteiger partial charge >= 0.3 is 5.69 Å². The number of piperidine rings is 1. The first-order valence-electron chi connectivity index (χ1n) is 10.7. The number of rotatable bonds is 5. The quantitative estimate of drug-likeness (QED) is 0.591. The van der Waals surface area contributed by atoms with Gasteiger partial charge in [0.25, 0.3) is 11.5 Å². The summed E-state index contributed by atoms with van der Waals surface area (Å²) in [5.41, 5.74) is -0.509. The molecule has 10 nitrogen and oxygen atoms in total. The molecule has 174 valence electrons. The number of amides is 2. The molecule has 1 aliphatic heterocycles. The number of hydrogen-bond acceptors (Lipinski definition) is 5. The summed E-state index contributed by atoms with van der Waals surface area (Å²) in [5, 5.41) is 2.87. The van der Waals surface area contributed by atoms with Crippen LogP contribution in [0.5, 0.6) is 0 Å². The lowest BCUT2D eigenvalue weighted by molar-refractivity contribution is -0.121. The highest BCUT2D eigenvalue weighted by Crippen LogP contribution is 2.19. The smallest absolute Gasteiger partial charge is 0.332 e. The Morgan fingerprint density at radius 3 is 2.52 bits per heavy atom. The average molecular weight is 456 g/mol. The summed E-state index contributed by atoms with van der Waals surface area (Å²) in [6.45, 7) is 1.31. The van der Waals surface area contributed by atoms with Gasteiger partial charge in [0.05, 0.1) is 11.9 Å². The summed E-state index contributed by atoms with van der Waals surface area (Å²) >= 11 is 0. The molecule has 0 spiro atoms. The standard InChI is InChI=1S/C22H25FN6O4/c1-26-19-18(21(32)27(2)22(26)33)29(13-25-19)12-17(30)24-11-14-7-9-28(10-8-14)20(31)15-5-3-4-6-16(15)23/h3-6,13-14H,7-12H2,1-2H3,(H,24,30). The molecule has 3 aromatic rings. The number of nitrogens with one attached hydrogen (secondary N) is 1. The lowest BCUT2D eigenvalue weighted by Crippen LogP contribution is -2.42. The molecule has 0 atom stereocenters. The van der Waals surface area contributed by atoms with Crippen molar-refractivity contribution in [1.82, 2.24) is 28.9 Å². The lowest BCUT2D eigenvalue weighted by Gasteiger charge is -2.32. The van der Waals surface area contributed by atoms with Crippen LogP contribution < -0.4 is 16.6 Å². The van der Waals surface area contributed by atoms with Crippen LogP contribution in [-0.4, -0.2) is 55.0 Å². The van der Waals surface area contributed by atoms with Crippen molar-refractivity contribution < 1.29 is 14.0 Å². The van der Waals surface area contributed by atoms with Crippen LogP contribution in [0.1, 0.15) is 23.2 Å². The number of hydrogen-bond donors (Lipinski definition) is 1. The number of carbonyl (C=O) groups excluding carboxylic acids is 2. The van der Waals surface area contributed by atoms with E-state index >= 15 is 0 Å². The molecular formula is C22H25FN6O4. The first-order chi connectivity index (χ1) is 15.8. The molecule has 3 heterocycles. The summed E-state index contributed by atoms with van der Waals surface area (Å²) in [6.07, 6.45) is 2.76. The molecule has 0 saturated carbocycles. The third kappa shape index (κ3) is 4.30. The molecule has 1 fully saturated rings. The van der Waals surface area contributed by atoms with Crippen molar-refractivity contribution in [2.45, 2.75) is 19.4 Å². The Hall–Kier alpha value is -3.76. The van der Waals surface area contributed by atoms with Gasteiger partial charge in [-0.05, 0) is 30.9 Å². The van der Waals surface area contributed by atoms with E-state index in [1.54, 1.807) is 17.0 Å². The minimum Gasteiger partial charge on any atom is -0.354 e. The summed E-state index contributed by atoms with van der Waals surface area (Å²) < 4.78 is 17.6. The van der Waals surface area contributed by atoms with Crippen LogP contribution >= 0.6 is 0 Å². The summed E-state index contributed by atoms with van der Waals surface area (Å²) in [4.78, 5) is 55.3. The molecule has 2 aromatic heterocycles. The molecule has 1 saturated heterocycles. The first-order valence-corrected chi connectivity index (χ1v) is 10.7. The molecule has 1 aliphatic rings. The molecule has 11 heteroatoms. The predicted octanol–water partition coefficient (Wildman–Crippen LogP) is 0.241. The van der Waals surface area contributed by atoms with Crippen LogP contribution in [0.3, 0.4) is 0 Å². The maximum atomic E-state index is 13.9. The molecule has 1 N–H and O–H groups in total. The summed E-state index contributed by atoms with van der Waals surface area (Å²) in [7, 11) is 2.90. The van der Waals surface area contributed by atoms with E-state index in [2.05, 4.69) is 10.3 Å². The fraction of sp³-hybridized carbons (Fsp3) is 0.409. The molecule has 33 heavy (non-hydrogen) atoms. The zero-order valence-corrected chi connectivity index (χ0v) is 18.5. The summed E-state index contributed by atoms with van der Waals surface area (Å²) in [6, 6.07) is 5.94. The third-order valence-electron chi connectivity index (χ3n) is 6.13. The molecule has 0 bridgehead atoms. The Morgan fingerprint density at radius 1 is 1.12 bits per heavy atom. The van der Waals surface area contributed by atoms with Crippen LogP contribution in [0.4, 0.5) is 4.39 Å². The molecule has 0 radical (unpaired) electrons. The highest BCUT2D eigenvalue weighted by Gasteiger charge is 2.25. The van der Waals surface area contributed by atoms with Crippen molar-refractivity contribution in [1.29, 1.82) is 0 Å². The minimum absolute atomic E-state index is 0.0699. The molecule has 0 unspecified atom stereocenters. The van der Waals surface area contributed by atoms with E-state index in [-0.39, 0.29) is 41.0 Å². The molecule has 2 amide bonds. The van der Waals surface area contributed by atoms with Crippen LogP contribution in [0, 0.1) is 11.7 Å². The van der Waals surface area contributed by atoms with Crippen LogP contribution in [0.2, 0.25) is 0 Å². The second-order valence-electron chi connectivity index (χ2n) is 8.27. The lowest BCUT2D eigenvalue weighted by atomic mass is 9.96. The normalized spacial score (nSPS) is 14.6. The van der Waals surface area contributed by atoms with Gasteiger partial charge in [0.15, 0.2) is 11.2 Å². The van der Waals surface area contributed by atoms with Crippen LogP contribution in [0.15, 0.2) is 40.2 Å². The largest absolute Gasteiger partial charge is 0.354 e. The number of imidazole rings is 1. The zero-order chi connectivity index (χ0) is 23.7. The van der Waals surface area contributed by atoms with Gasteiger partial charge in [0.2, 0.25) is 5.91 Å². The monoisotopic (exact) mass is 456 g/mol. The Labute approximate surface area is 188 Å². The molecular weight excluding hydrogens is 431 g/mol. The number of carbonyl (C=O) groups is 2. The molecule has 1 aromatic carbocycles. The number of nitrogens with zero attached hydrogens (tertiary/aromatic N) is 5. The average Bonchev–Trinajstić information content (AvgIpc) is 3.24. The van der Waals surface area contributed by atoms with Gasteiger partial charge in [0.1, 0.15) is 12.4 Å². The van der Waals surface area contributed by atoms with Gasteiger partial charge in [-0.1, -0.05) is 12.1 Å². The minimum atomic E-state index is -0.529. The van der Waals surface area contributed by atoms with E-state index in [9.17, 15) is 23.6 Å². The van der Waals surface area contributed by atoms with Gasteiger partial charge < -0.3 is 14.8 Å². The van der Waals surface area contributed by atoms with Crippen molar-refractivity contribution >= 4 is 23.0 Å². The second kappa shape index (κ2) is 9.00. The highest BCUT2D eigenvalue weighted by atomic mass is 19.1. The molecule has 4 rings (SSSR count). The number of benzene rings is 1. The summed E-state index contributed by atoms with van der Waals surface area (Å²) in [5.74, 6) is -0.945. The Bertz CT molecular complexity index is 1330. The van der Waals surface area contributed by atoms with Gasteiger partial charge in [0, 0.05) is 33.7 Å². The maximum Gasteiger partial charge on any atom is 0.332 e. The maximum absolute atomic E-state index is 13.9. The van der Waals surface area contributed by atoms with E-state index in [0.717, 1.165) is 4.57 Å². The van der Waals surface area contributed by atoms with Crippen molar-refractivity contribution in [3.05, 3.63) is 62.8 Å². The van der Waals surface area contributed by atoms with E-state index in [1.165, 1.54) is 41.7 Å². The number of fused-ring (bicyclic) bond motifs is 1. The number of halogens is 1. The Balaban J connectivity index is 1.33. The Morgan fingerprint density at radius 2 is 1.82 bits per heavy atom. The van der Waals surface area contributed by atoms with Crippen LogP contribution in [0.25, 0.3) is 11.2 Å². The van der Waals surface area contributed by atoms with E-state index in [4.69, 9.17) is 0 Å². The third-order valence-corrected chi connectivity index (χ3v) is 6.13. The van der Waals surface area contributed by atoms with Crippen molar-refractivity contribution in [3.8, 4) is 0 Å². The second-order valence-corrected chi connectivity index (χ2v) is 8.27. The van der Waals surface area contributed by atoms with Gasteiger partial charge in [-0.3, -0.25) is 23.5 Å². The number of likely N-dealkylation sites (tertiary alicyclic amines) is 1. The fourth-order valence-corrected chi connectivity index (χ4v) is 4.13. The number of aryl methyl sites for hydroxylation is 1. The number of aromatic nitrogens is 4. The van der Waals surface area contributed by atoms with E-state index in [0.29, 0.717) is 32.5 Å².